The number of carbonyl (C=O) groups excluding carboxylic acids is 1. The molecule has 4 aromatic rings. The van der Waals surface area contributed by atoms with Crippen LogP contribution in [0.2, 0.25) is 0 Å². The van der Waals surface area contributed by atoms with E-state index < -0.39 is 6.03 Å². The van der Waals surface area contributed by atoms with Gasteiger partial charge in [0.15, 0.2) is 17.1 Å². The Labute approximate surface area is 193 Å². The van der Waals surface area contributed by atoms with Gasteiger partial charge in [-0.05, 0) is 31.2 Å². The first kappa shape index (κ1) is 22.3. The highest BCUT2D eigenvalue weighted by molar-refractivity contribution is 7.98. The number of para-hydroxylation sites is 1. The number of methoxy groups -OCH3 is 2. The van der Waals surface area contributed by atoms with Gasteiger partial charge in [0.2, 0.25) is 0 Å². The minimum Gasteiger partial charge on any atom is -0.493 e. The number of carbonyl (C=O) groups is 1. The van der Waals surface area contributed by atoms with Crippen LogP contribution in [0.15, 0.2) is 68.8 Å². The van der Waals surface area contributed by atoms with E-state index in [4.69, 9.17) is 14.0 Å². The standard InChI is InChI=1S/C23H22N4O5S/c1-14-10-21-24-16(12-22(28)27(21)32-14)13-33-20-7-5-4-6-17(20)26-23(29)25-15-8-9-18(30-2)19(11-15)31-3/h4-12H,13H2,1-3H3,(H2,25,26,29). The van der Waals surface area contributed by atoms with Crippen LogP contribution in [0.5, 0.6) is 11.5 Å². The van der Waals surface area contributed by atoms with Gasteiger partial charge in [0.1, 0.15) is 5.76 Å². The van der Waals surface area contributed by atoms with Crippen LogP contribution >= 0.6 is 11.8 Å². The fourth-order valence-electron chi connectivity index (χ4n) is 3.19. The van der Waals surface area contributed by atoms with Crippen LogP contribution in [-0.2, 0) is 5.75 Å². The molecule has 0 saturated heterocycles. The third-order valence-corrected chi connectivity index (χ3v) is 5.78. The van der Waals surface area contributed by atoms with Gasteiger partial charge in [0, 0.05) is 34.5 Å². The fourth-order valence-corrected chi connectivity index (χ4v) is 4.09. The Morgan fingerprint density at radius 3 is 2.64 bits per heavy atom. The Bertz CT molecular complexity index is 1360. The first-order chi connectivity index (χ1) is 16.0. The van der Waals surface area contributed by atoms with Gasteiger partial charge in [0.25, 0.3) is 5.56 Å². The topological polar surface area (TPSA) is 107 Å². The molecule has 2 aromatic heterocycles. The Morgan fingerprint density at radius 2 is 1.85 bits per heavy atom. The Balaban J connectivity index is 1.45. The summed E-state index contributed by atoms with van der Waals surface area (Å²) in [5, 5.41) is 5.65. The number of benzene rings is 2. The largest absolute Gasteiger partial charge is 0.493 e. The molecule has 0 radical (unpaired) electrons. The predicted molar refractivity (Wildman–Crippen MR) is 127 cm³/mol. The number of nitrogens with one attached hydrogen (secondary N) is 2. The molecule has 0 aliphatic carbocycles. The van der Waals surface area contributed by atoms with Crippen LogP contribution in [0.3, 0.4) is 0 Å². The molecule has 0 saturated carbocycles. The number of fused-ring (bicyclic) bond motifs is 1. The quantitative estimate of drug-likeness (QED) is 0.385. The van der Waals surface area contributed by atoms with Crippen molar-refractivity contribution in [3.8, 4) is 11.5 Å². The van der Waals surface area contributed by atoms with Gasteiger partial charge >= 0.3 is 6.03 Å². The van der Waals surface area contributed by atoms with Gasteiger partial charge in [-0.1, -0.05) is 12.1 Å². The van der Waals surface area contributed by atoms with Crippen molar-refractivity contribution in [1.82, 2.24) is 9.56 Å². The van der Waals surface area contributed by atoms with E-state index in [-0.39, 0.29) is 5.56 Å². The summed E-state index contributed by atoms with van der Waals surface area (Å²) in [6.45, 7) is 1.76. The van der Waals surface area contributed by atoms with Gasteiger partial charge in [-0.3, -0.25) is 4.79 Å². The number of nitrogens with zero attached hydrogens (tertiary/aromatic N) is 2. The number of urea groups is 1. The molecule has 0 aliphatic heterocycles. The zero-order chi connectivity index (χ0) is 23.4. The first-order valence-corrected chi connectivity index (χ1v) is 11.0. The van der Waals surface area contributed by atoms with E-state index in [9.17, 15) is 9.59 Å². The lowest BCUT2D eigenvalue weighted by Crippen LogP contribution is -2.19. The van der Waals surface area contributed by atoms with E-state index in [0.717, 1.165) is 9.47 Å². The highest BCUT2D eigenvalue weighted by Crippen LogP contribution is 2.31. The average molecular weight is 467 g/mol. The SMILES string of the molecule is COc1ccc(NC(=O)Nc2ccccc2SCc2cc(=O)n3oc(C)cc3n2)cc1OC. The second-order valence-electron chi connectivity index (χ2n) is 7.02. The van der Waals surface area contributed by atoms with Gasteiger partial charge in [0.05, 0.1) is 25.6 Å². The molecule has 4 rings (SSSR count). The number of rotatable bonds is 7. The zero-order valence-corrected chi connectivity index (χ0v) is 19.1. The normalized spacial score (nSPS) is 10.8. The van der Waals surface area contributed by atoms with E-state index in [1.165, 1.54) is 24.9 Å². The number of ether oxygens (including phenoxy) is 2. The molecular weight excluding hydrogens is 444 g/mol. The number of aromatic nitrogens is 2. The average Bonchev–Trinajstić information content (AvgIpc) is 3.19. The van der Waals surface area contributed by atoms with Gasteiger partial charge in [-0.2, -0.15) is 0 Å². The number of amides is 2. The van der Waals surface area contributed by atoms with Gasteiger partial charge in [-0.15, -0.1) is 16.3 Å². The molecule has 2 N–H and O–H groups in total. The molecule has 0 bridgehead atoms. The number of thioether (sulfide) groups is 1. The van der Waals surface area contributed by atoms with Crippen LogP contribution in [0, 0.1) is 6.92 Å². The summed E-state index contributed by atoms with van der Waals surface area (Å²) in [5.41, 5.74) is 2.01. The van der Waals surface area contributed by atoms with Crippen molar-refractivity contribution in [2.45, 2.75) is 17.6 Å². The van der Waals surface area contributed by atoms with Gasteiger partial charge in [-0.25, -0.2) is 9.78 Å². The van der Waals surface area contributed by atoms with E-state index in [1.54, 1.807) is 38.3 Å². The summed E-state index contributed by atoms with van der Waals surface area (Å²) in [7, 11) is 3.08. The third kappa shape index (κ3) is 5.12. The van der Waals surface area contributed by atoms with Crippen molar-refractivity contribution < 1.29 is 18.8 Å². The van der Waals surface area contributed by atoms with E-state index in [0.29, 0.717) is 45.7 Å². The van der Waals surface area contributed by atoms with E-state index >= 15 is 0 Å². The molecule has 0 fully saturated rings. The number of anilines is 2. The molecule has 2 aromatic carbocycles. The second-order valence-corrected chi connectivity index (χ2v) is 8.04. The maximum Gasteiger partial charge on any atom is 0.323 e. The molecule has 0 unspecified atom stereocenters. The van der Waals surface area contributed by atoms with E-state index in [1.807, 2.05) is 24.3 Å². The fraction of sp³-hybridized carbons (Fsp3) is 0.174. The van der Waals surface area contributed by atoms with Crippen molar-refractivity contribution in [2.75, 3.05) is 24.9 Å². The maximum absolute atomic E-state index is 12.6. The van der Waals surface area contributed by atoms with Crippen LogP contribution in [0.4, 0.5) is 16.2 Å². The molecule has 0 aliphatic rings. The lowest BCUT2D eigenvalue weighted by molar-refractivity contribution is 0.262. The Morgan fingerprint density at radius 1 is 1.06 bits per heavy atom. The van der Waals surface area contributed by atoms with Crippen LogP contribution in [0.25, 0.3) is 5.65 Å². The molecule has 2 heterocycles. The molecule has 10 heteroatoms. The van der Waals surface area contributed by atoms with Gasteiger partial charge < -0.3 is 24.6 Å². The molecular formula is C23H22N4O5S. The highest BCUT2D eigenvalue weighted by atomic mass is 32.2. The molecule has 9 nitrogen and oxygen atoms in total. The smallest absolute Gasteiger partial charge is 0.323 e. The summed E-state index contributed by atoms with van der Waals surface area (Å²) in [4.78, 5) is 30.1. The number of aryl methyl sites for hydroxylation is 1. The minimum atomic E-state index is -0.401. The second kappa shape index (κ2) is 9.70. The number of hydrogen-bond acceptors (Lipinski definition) is 7. The van der Waals surface area contributed by atoms with Crippen LogP contribution < -0.4 is 25.7 Å². The molecule has 0 spiro atoms. The van der Waals surface area contributed by atoms with Crippen LogP contribution in [0.1, 0.15) is 11.5 Å². The summed E-state index contributed by atoms with van der Waals surface area (Å²) in [6, 6.07) is 15.3. The monoisotopic (exact) mass is 466 g/mol. The molecule has 2 amide bonds. The summed E-state index contributed by atoms with van der Waals surface area (Å²) >= 11 is 1.46. The first-order valence-electron chi connectivity index (χ1n) is 9.98. The van der Waals surface area contributed by atoms with Crippen molar-refractivity contribution in [2.24, 2.45) is 0 Å². The van der Waals surface area contributed by atoms with E-state index in [2.05, 4.69) is 15.6 Å². The molecule has 33 heavy (non-hydrogen) atoms. The van der Waals surface area contributed by atoms with Crippen molar-refractivity contribution in [3.63, 3.8) is 0 Å². The summed E-state index contributed by atoms with van der Waals surface area (Å²) in [5.74, 6) is 2.15. The summed E-state index contributed by atoms with van der Waals surface area (Å²) in [6.07, 6.45) is 0. The van der Waals surface area contributed by atoms with Crippen molar-refractivity contribution in [3.05, 3.63) is 76.4 Å². The Hall–Kier alpha value is -3.92. The Kier molecular flexibility index (Phi) is 6.55. The molecule has 170 valence electrons. The maximum atomic E-state index is 12.6. The lowest BCUT2D eigenvalue weighted by atomic mass is 10.2. The zero-order valence-electron chi connectivity index (χ0n) is 18.2. The predicted octanol–water partition coefficient (Wildman–Crippen LogP) is 4.55. The van der Waals surface area contributed by atoms with Crippen molar-refractivity contribution in [1.29, 1.82) is 0 Å². The third-order valence-electron chi connectivity index (χ3n) is 4.68. The highest BCUT2D eigenvalue weighted by Gasteiger charge is 2.12. The minimum absolute atomic E-state index is 0.274. The lowest BCUT2D eigenvalue weighted by Gasteiger charge is -2.13. The van der Waals surface area contributed by atoms with Crippen LogP contribution in [-0.4, -0.2) is 29.8 Å². The number of hydrogen-bond donors (Lipinski definition) is 2. The van der Waals surface area contributed by atoms with Crippen molar-refractivity contribution >= 4 is 34.8 Å². The summed E-state index contributed by atoms with van der Waals surface area (Å²) < 4.78 is 17.0. The molecule has 0 atom stereocenters.